The van der Waals surface area contributed by atoms with Crippen LogP contribution in [0.4, 0.5) is 9.18 Å². The van der Waals surface area contributed by atoms with E-state index >= 15 is 0 Å². The van der Waals surface area contributed by atoms with Crippen molar-refractivity contribution < 1.29 is 14.3 Å². The van der Waals surface area contributed by atoms with Gasteiger partial charge in [0, 0.05) is 25.0 Å². The summed E-state index contributed by atoms with van der Waals surface area (Å²) in [7, 11) is 0. The number of nitrogens with two attached hydrogens (primary N) is 1. The third-order valence-electron chi connectivity index (χ3n) is 2.94. The summed E-state index contributed by atoms with van der Waals surface area (Å²) in [6.45, 7) is 0.520. The largest absolute Gasteiger partial charge is 0.465 e. The molecule has 0 aliphatic carbocycles. The fourth-order valence-electron chi connectivity index (χ4n) is 2.09. The van der Waals surface area contributed by atoms with Crippen molar-refractivity contribution in [1.82, 2.24) is 4.90 Å². The average molecular weight is 224 g/mol. The maximum atomic E-state index is 13.5. The number of amides is 1. The Labute approximate surface area is 92.5 Å². The Kier molecular flexibility index (Phi) is 2.78. The summed E-state index contributed by atoms with van der Waals surface area (Å²) in [6.07, 6.45) is -1.01. The van der Waals surface area contributed by atoms with Gasteiger partial charge in [0.05, 0.1) is 0 Å². The van der Waals surface area contributed by atoms with Crippen molar-refractivity contribution in [2.45, 2.75) is 12.0 Å². The third-order valence-corrected chi connectivity index (χ3v) is 2.94. The molecule has 1 amide bonds. The Bertz CT molecular complexity index is 411. The molecule has 0 radical (unpaired) electrons. The molecule has 1 aromatic rings. The average Bonchev–Trinajstić information content (AvgIpc) is 2.61. The summed E-state index contributed by atoms with van der Waals surface area (Å²) in [5.41, 5.74) is 6.34. The molecule has 0 bridgehead atoms. The number of likely N-dealkylation sites (tertiary alicyclic amines) is 1. The highest BCUT2D eigenvalue weighted by Crippen LogP contribution is 2.28. The van der Waals surface area contributed by atoms with Gasteiger partial charge >= 0.3 is 6.09 Å². The lowest BCUT2D eigenvalue weighted by Gasteiger charge is -2.14. The molecule has 1 aliphatic heterocycles. The van der Waals surface area contributed by atoms with Gasteiger partial charge in [-0.25, -0.2) is 9.18 Å². The molecule has 0 saturated carbocycles. The highest BCUT2D eigenvalue weighted by atomic mass is 19.1. The first-order valence-electron chi connectivity index (χ1n) is 5.07. The molecule has 2 rings (SSSR count). The Morgan fingerprint density at radius 2 is 2.12 bits per heavy atom. The van der Waals surface area contributed by atoms with Gasteiger partial charge in [0.2, 0.25) is 0 Å². The van der Waals surface area contributed by atoms with Crippen LogP contribution in [0.15, 0.2) is 24.3 Å². The standard InChI is InChI=1S/C11H13FN2O2/c12-9-4-2-1-3-7(9)8-5-14(11(15)16)6-10(8)13/h1-4,8,10H,5-6,13H2,(H,15,16)/t8-,10+/m0/s1. The molecule has 1 saturated heterocycles. The minimum absolute atomic E-state index is 0.253. The van der Waals surface area contributed by atoms with Crippen molar-refractivity contribution in [3.05, 3.63) is 35.6 Å². The molecule has 1 aliphatic rings. The van der Waals surface area contributed by atoms with Gasteiger partial charge in [0.1, 0.15) is 5.82 Å². The van der Waals surface area contributed by atoms with Crippen molar-refractivity contribution in [1.29, 1.82) is 0 Å². The van der Waals surface area contributed by atoms with Crippen LogP contribution in [-0.2, 0) is 0 Å². The number of benzene rings is 1. The van der Waals surface area contributed by atoms with E-state index in [1.807, 2.05) is 0 Å². The minimum Gasteiger partial charge on any atom is -0.465 e. The van der Waals surface area contributed by atoms with Gasteiger partial charge in [-0.2, -0.15) is 0 Å². The lowest BCUT2D eigenvalue weighted by Crippen LogP contribution is -2.31. The number of carboxylic acid groups (broad SMARTS) is 1. The van der Waals surface area contributed by atoms with Crippen LogP contribution in [-0.4, -0.2) is 35.2 Å². The van der Waals surface area contributed by atoms with Gasteiger partial charge < -0.3 is 15.7 Å². The lowest BCUT2D eigenvalue weighted by atomic mass is 9.94. The molecule has 1 heterocycles. The molecule has 5 heteroatoms. The molecule has 4 nitrogen and oxygen atoms in total. The van der Waals surface area contributed by atoms with Crippen molar-refractivity contribution >= 4 is 6.09 Å². The summed E-state index contributed by atoms with van der Waals surface area (Å²) in [4.78, 5) is 12.0. The third kappa shape index (κ3) is 1.86. The maximum Gasteiger partial charge on any atom is 0.407 e. The zero-order chi connectivity index (χ0) is 11.7. The second kappa shape index (κ2) is 4.09. The number of rotatable bonds is 1. The van der Waals surface area contributed by atoms with E-state index in [1.54, 1.807) is 18.2 Å². The SMILES string of the molecule is N[C@@H]1CN(C(=O)O)C[C@H]1c1ccccc1F. The first-order valence-corrected chi connectivity index (χ1v) is 5.07. The van der Waals surface area contributed by atoms with Crippen molar-refractivity contribution in [2.24, 2.45) is 5.73 Å². The Balaban J connectivity index is 2.23. The van der Waals surface area contributed by atoms with E-state index in [-0.39, 0.29) is 30.9 Å². The van der Waals surface area contributed by atoms with E-state index in [4.69, 9.17) is 10.8 Å². The molecular formula is C11H13FN2O2. The molecule has 3 N–H and O–H groups in total. The first-order chi connectivity index (χ1) is 7.59. The zero-order valence-electron chi connectivity index (χ0n) is 8.64. The number of nitrogens with zero attached hydrogens (tertiary/aromatic N) is 1. The van der Waals surface area contributed by atoms with Gasteiger partial charge in [0.25, 0.3) is 0 Å². The molecule has 0 unspecified atom stereocenters. The number of hydrogen-bond acceptors (Lipinski definition) is 2. The minimum atomic E-state index is -1.01. The van der Waals surface area contributed by atoms with Crippen LogP contribution < -0.4 is 5.73 Å². The molecule has 16 heavy (non-hydrogen) atoms. The van der Waals surface area contributed by atoms with Crippen LogP contribution in [0.3, 0.4) is 0 Å². The summed E-state index contributed by atoms with van der Waals surface area (Å²) >= 11 is 0. The number of hydrogen-bond donors (Lipinski definition) is 2. The monoisotopic (exact) mass is 224 g/mol. The molecule has 1 aromatic carbocycles. The molecule has 1 fully saturated rings. The molecule has 0 spiro atoms. The maximum absolute atomic E-state index is 13.5. The van der Waals surface area contributed by atoms with Crippen molar-refractivity contribution in [3.8, 4) is 0 Å². The quantitative estimate of drug-likeness (QED) is 0.754. The van der Waals surface area contributed by atoms with Crippen LogP contribution in [0.5, 0.6) is 0 Å². The van der Waals surface area contributed by atoms with Crippen LogP contribution in [0.2, 0.25) is 0 Å². The number of halogens is 1. The summed E-state index contributed by atoms with van der Waals surface area (Å²) in [6, 6.07) is 6.02. The van der Waals surface area contributed by atoms with E-state index in [0.29, 0.717) is 5.56 Å². The summed E-state index contributed by atoms with van der Waals surface area (Å²) in [5, 5.41) is 8.84. The Hall–Kier alpha value is -1.62. The van der Waals surface area contributed by atoms with Gasteiger partial charge in [-0.3, -0.25) is 0 Å². The highest BCUT2D eigenvalue weighted by Gasteiger charge is 2.34. The van der Waals surface area contributed by atoms with Crippen LogP contribution in [0.1, 0.15) is 11.5 Å². The highest BCUT2D eigenvalue weighted by molar-refractivity contribution is 5.65. The smallest absolute Gasteiger partial charge is 0.407 e. The number of carbonyl (C=O) groups is 1. The predicted molar refractivity (Wildman–Crippen MR) is 56.7 cm³/mol. The molecule has 86 valence electrons. The lowest BCUT2D eigenvalue weighted by molar-refractivity contribution is 0.154. The van der Waals surface area contributed by atoms with E-state index in [9.17, 15) is 9.18 Å². The zero-order valence-corrected chi connectivity index (χ0v) is 8.64. The summed E-state index contributed by atoms with van der Waals surface area (Å²) in [5.74, 6) is -0.576. The van der Waals surface area contributed by atoms with E-state index < -0.39 is 6.09 Å². The summed E-state index contributed by atoms with van der Waals surface area (Å²) < 4.78 is 13.5. The van der Waals surface area contributed by atoms with E-state index in [1.165, 1.54) is 11.0 Å². The predicted octanol–water partition coefficient (Wildman–Crippen LogP) is 1.23. The fourth-order valence-corrected chi connectivity index (χ4v) is 2.09. The van der Waals surface area contributed by atoms with E-state index in [0.717, 1.165) is 0 Å². The van der Waals surface area contributed by atoms with Crippen LogP contribution in [0, 0.1) is 5.82 Å². The second-order valence-corrected chi connectivity index (χ2v) is 3.98. The van der Waals surface area contributed by atoms with Crippen molar-refractivity contribution in [3.63, 3.8) is 0 Å². The fraction of sp³-hybridized carbons (Fsp3) is 0.364. The second-order valence-electron chi connectivity index (χ2n) is 3.98. The topological polar surface area (TPSA) is 66.6 Å². The van der Waals surface area contributed by atoms with Gasteiger partial charge in [-0.05, 0) is 11.6 Å². The Morgan fingerprint density at radius 1 is 1.44 bits per heavy atom. The normalized spacial score (nSPS) is 24.8. The molecular weight excluding hydrogens is 211 g/mol. The molecule has 0 aromatic heterocycles. The Morgan fingerprint density at radius 3 is 2.69 bits per heavy atom. The van der Waals surface area contributed by atoms with Crippen LogP contribution in [0.25, 0.3) is 0 Å². The molecule has 2 atom stereocenters. The van der Waals surface area contributed by atoms with E-state index in [2.05, 4.69) is 0 Å². The first kappa shape index (κ1) is 10.9. The van der Waals surface area contributed by atoms with Gasteiger partial charge in [-0.1, -0.05) is 18.2 Å². The van der Waals surface area contributed by atoms with Crippen LogP contribution >= 0.6 is 0 Å². The van der Waals surface area contributed by atoms with Gasteiger partial charge in [-0.15, -0.1) is 0 Å². The van der Waals surface area contributed by atoms with Crippen molar-refractivity contribution in [2.75, 3.05) is 13.1 Å². The van der Waals surface area contributed by atoms with Gasteiger partial charge in [0.15, 0.2) is 0 Å².